The number of phosphoric acid groups is 1. The Balaban J connectivity index is 1.67. The van der Waals surface area contributed by atoms with Gasteiger partial charge in [-0.25, -0.2) is 8.96 Å². The predicted octanol–water partition coefficient (Wildman–Crippen LogP) is 1.89. The number of alkyl halides is 1. The number of esters is 1. The van der Waals surface area contributed by atoms with Crippen molar-refractivity contribution in [2.45, 2.75) is 64.3 Å². The second-order valence-corrected chi connectivity index (χ2v) is 9.74. The first-order chi connectivity index (χ1) is 15.0. The van der Waals surface area contributed by atoms with Crippen molar-refractivity contribution in [1.82, 2.24) is 4.90 Å². The van der Waals surface area contributed by atoms with Crippen LogP contribution in [0.1, 0.15) is 33.6 Å². The number of fused-ring (bicyclic) bond motifs is 1. The number of phosphoric ester groups is 1. The Morgan fingerprint density at radius 1 is 1.47 bits per heavy atom. The Labute approximate surface area is 184 Å². The first-order valence-electron chi connectivity index (χ1n) is 10.0. The fourth-order valence-electron chi connectivity index (χ4n) is 3.60. The number of hydrogen-bond acceptors (Lipinski definition) is 9. The predicted molar refractivity (Wildman–Crippen MR) is 106 cm³/mol. The van der Waals surface area contributed by atoms with Crippen LogP contribution >= 0.6 is 7.82 Å². The van der Waals surface area contributed by atoms with Gasteiger partial charge in [-0.2, -0.15) is 0 Å². The molecule has 1 amide bonds. The summed E-state index contributed by atoms with van der Waals surface area (Å²) in [6, 6.07) is 0. The SMILES string of the molecule is C#C[C@]1(C)[C@@H]2O[P@](=O)(OC[C@@H](F)CC(=O)OC(C)C)OC[C@H]2O[C@H]1N1C=CC(=O)CC1=O. The number of carbonyl (C=O) groups is 3. The topological polar surface area (TPSA) is 118 Å². The van der Waals surface area contributed by atoms with E-state index < -0.39 is 68.9 Å². The molecule has 0 radical (unpaired) electrons. The van der Waals surface area contributed by atoms with Crippen LogP contribution in [0.2, 0.25) is 0 Å². The van der Waals surface area contributed by atoms with Gasteiger partial charge in [-0.1, -0.05) is 5.92 Å². The molecule has 176 valence electrons. The number of carbonyl (C=O) groups excluding carboxylic acids is 3. The lowest BCUT2D eigenvalue weighted by atomic mass is 9.82. The molecule has 3 aliphatic heterocycles. The fraction of sp³-hybridized carbons (Fsp3) is 0.650. The van der Waals surface area contributed by atoms with Gasteiger partial charge in [0.05, 0.1) is 32.2 Å². The molecule has 2 saturated heterocycles. The zero-order valence-electron chi connectivity index (χ0n) is 17.9. The minimum atomic E-state index is -4.24. The third-order valence-electron chi connectivity index (χ3n) is 5.15. The summed E-state index contributed by atoms with van der Waals surface area (Å²) < 4.78 is 53.5. The molecule has 3 rings (SSSR count). The molecule has 32 heavy (non-hydrogen) atoms. The molecule has 0 aromatic rings. The van der Waals surface area contributed by atoms with Crippen LogP contribution in [0.25, 0.3) is 0 Å². The monoisotopic (exact) mass is 473 g/mol. The number of nitrogens with zero attached hydrogens (tertiary/aromatic N) is 1. The fourth-order valence-corrected chi connectivity index (χ4v) is 5.10. The third kappa shape index (κ3) is 5.11. The maximum Gasteiger partial charge on any atom is 0.475 e. The molecule has 0 aromatic carbocycles. The quantitative estimate of drug-likeness (QED) is 0.236. The van der Waals surface area contributed by atoms with Crippen molar-refractivity contribution in [3.05, 3.63) is 12.3 Å². The molecule has 0 N–H and O–H groups in total. The van der Waals surface area contributed by atoms with Crippen LogP contribution in [-0.2, 0) is 42.0 Å². The molecule has 6 atom stereocenters. The van der Waals surface area contributed by atoms with Gasteiger partial charge in [-0.05, 0) is 26.8 Å². The number of ether oxygens (including phenoxy) is 2. The summed E-state index contributed by atoms with van der Waals surface area (Å²) in [5.41, 5.74) is -1.27. The maximum absolute atomic E-state index is 14.1. The van der Waals surface area contributed by atoms with E-state index in [4.69, 9.17) is 29.5 Å². The number of amides is 1. The van der Waals surface area contributed by atoms with E-state index in [0.29, 0.717) is 0 Å². The number of ketones is 1. The standard InChI is InChI=1S/C20H25FNO9P/c1-5-20(4)18-15(30-19(20)22-7-6-14(23)9-16(22)24)11-28-32(26,31-18)27-10-13(21)8-17(25)29-12(2)3/h1,6-7,12-13,15,18-19H,8-11H2,2-4H3/t13-,15+,18+,19+,20+,32+/m0/s1. The lowest BCUT2D eigenvalue weighted by Gasteiger charge is -2.37. The van der Waals surface area contributed by atoms with Gasteiger partial charge in [0.25, 0.3) is 0 Å². The largest absolute Gasteiger partial charge is 0.475 e. The van der Waals surface area contributed by atoms with E-state index in [0.717, 1.165) is 0 Å². The molecule has 0 spiro atoms. The highest BCUT2D eigenvalue weighted by atomic mass is 31.2. The second kappa shape index (κ2) is 9.41. The average molecular weight is 473 g/mol. The minimum absolute atomic E-state index is 0.243. The summed E-state index contributed by atoms with van der Waals surface area (Å²) in [4.78, 5) is 36.6. The summed E-state index contributed by atoms with van der Waals surface area (Å²) in [5, 5.41) is 0. The molecular weight excluding hydrogens is 448 g/mol. The van der Waals surface area contributed by atoms with E-state index in [-0.39, 0.29) is 18.8 Å². The van der Waals surface area contributed by atoms with Gasteiger partial charge in [0.2, 0.25) is 5.91 Å². The maximum atomic E-state index is 14.1. The average Bonchev–Trinajstić information content (AvgIpc) is 2.98. The molecule has 2 fully saturated rings. The van der Waals surface area contributed by atoms with Gasteiger partial charge >= 0.3 is 13.8 Å². The highest BCUT2D eigenvalue weighted by Gasteiger charge is 2.61. The molecule has 10 nitrogen and oxygen atoms in total. The van der Waals surface area contributed by atoms with E-state index in [1.807, 2.05) is 0 Å². The van der Waals surface area contributed by atoms with Crippen LogP contribution in [0.15, 0.2) is 12.3 Å². The minimum Gasteiger partial charge on any atom is -0.463 e. The highest BCUT2D eigenvalue weighted by molar-refractivity contribution is 7.48. The molecule has 0 aliphatic carbocycles. The zero-order valence-corrected chi connectivity index (χ0v) is 18.8. The molecular formula is C20H25FNO9P. The summed E-state index contributed by atoms with van der Waals surface area (Å²) in [7, 11) is -4.24. The van der Waals surface area contributed by atoms with Crippen LogP contribution < -0.4 is 0 Å². The van der Waals surface area contributed by atoms with Crippen LogP contribution in [0.5, 0.6) is 0 Å². The first kappa shape index (κ1) is 24.6. The van der Waals surface area contributed by atoms with E-state index in [1.165, 1.54) is 17.2 Å². The van der Waals surface area contributed by atoms with Gasteiger partial charge in [0, 0.05) is 6.20 Å². The van der Waals surface area contributed by atoms with E-state index >= 15 is 0 Å². The summed E-state index contributed by atoms with van der Waals surface area (Å²) >= 11 is 0. The third-order valence-corrected chi connectivity index (χ3v) is 6.57. The molecule has 3 heterocycles. The van der Waals surface area contributed by atoms with Gasteiger partial charge in [0.15, 0.2) is 12.0 Å². The Morgan fingerprint density at radius 2 is 2.19 bits per heavy atom. The first-order valence-corrected chi connectivity index (χ1v) is 11.5. The molecule has 0 bridgehead atoms. The smallest absolute Gasteiger partial charge is 0.463 e. The van der Waals surface area contributed by atoms with E-state index in [2.05, 4.69) is 5.92 Å². The summed E-state index contributed by atoms with van der Waals surface area (Å²) in [6.45, 7) is 3.87. The Morgan fingerprint density at radius 3 is 2.81 bits per heavy atom. The lowest BCUT2D eigenvalue weighted by molar-refractivity contribution is -0.149. The van der Waals surface area contributed by atoms with Gasteiger partial charge in [0.1, 0.15) is 23.8 Å². The van der Waals surface area contributed by atoms with Crippen LogP contribution in [0.4, 0.5) is 4.39 Å². The number of allylic oxidation sites excluding steroid dienone is 1. The van der Waals surface area contributed by atoms with Gasteiger partial charge in [-0.15, -0.1) is 6.42 Å². The normalized spacial score (nSPS) is 35.5. The molecule has 3 aliphatic rings. The van der Waals surface area contributed by atoms with Gasteiger partial charge in [-0.3, -0.25) is 32.9 Å². The van der Waals surface area contributed by atoms with Crippen molar-refractivity contribution in [2.24, 2.45) is 5.41 Å². The van der Waals surface area contributed by atoms with Gasteiger partial charge < -0.3 is 9.47 Å². The van der Waals surface area contributed by atoms with Crippen LogP contribution in [0, 0.1) is 17.8 Å². The van der Waals surface area contributed by atoms with E-state index in [9.17, 15) is 23.3 Å². The number of terminal acetylenes is 1. The molecule has 0 unspecified atom stereocenters. The Bertz CT molecular complexity index is 900. The summed E-state index contributed by atoms with van der Waals surface area (Å²) in [6.07, 6.45) is 2.35. The number of rotatable bonds is 7. The lowest BCUT2D eigenvalue weighted by Crippen LogP contribution is -2.49. The van der Waals surface area contributed by atoms with Crippen molar-refractivity contribution in [1.29, 1.82) is 0 Å². The van der Waals surface area contributed by atoms with Crippen LogP contribution in [0.3, 0.4) is 0 Å². The zero-order chi connectivity index (χ0) is 23.7. The Kier molecular flexibility index (Phi) is 7.22. The van der Waals surface area contributed by atoms with Crippen LogP contribution in [-0.4, -0.2) is 66.5 Å². The number of halogens is 1. The van der Waals surface area contributed by atoms with Crippen molar-refractivity contribution in [3.8, 4) is 12.3 Å². The molecule has 0 aromatic heterocycles. The molecule has 12 heteroatoms. The van der Waals surface area contributed by atoms with Crippen molar-refractivity contribution >= 4 is 25.5 Å². The Hall–Kier alpha value is -2.09. The summed E-state index contributed by atoms with van der Waals surface area (Å²) in [5.74, 6) is 0.925. The number of hydrogen-bond donors (Lipinski definition) is 0. The second-order valence-electron chi connectivity index (χ2n) is 8.12. The van der Waals surface area contributed by atoms with E-state index in [1.54, 1.807) is 20.8 Å². The van der Waals surface area contributed by atoms with Crippen molar-refractivity contribution in [3.63, 3.8) is 0 Å². The van der Waals surface area contributed by atoms with Crippen molar-refractivity contribution < 1.29 is 46.4 Å². The molecule has 0 saturated carbocycles. The highest BCUT2D eigenvalue weighted by Crippen LogP contribution is 2.59. The van der Waals surface area contributed by atoms with Crippen molar-refractivity contribution in [2.75, 3.05) is 13.2 Å².